The maximum atomic E-state index is 11.5. The smallest absolute Gasteiger partial charge is 0.339 e. The Balaban J connectivity index is 3.21. The van der Waals surface area contributed by atoms with Crippen LogP contribution < -0.4 is 0 Å². The summed E-state index contributed by atoms with van der Waals surface area (Å²) in [6.45, 7) is 6.05. The molecule has 1 aromatic rings. The number of carbonyl (C=O) groups is 1. The van der Waals surface area contributed by atoms with Gasteiger partial charge in [-0.15, -0.1) is 0 Å². The molecule has 4 heteroatoms. The molecule has 0 heterocycles. The van der Waals surface area contributed by atoms with Crippen molar-refractivity contribution in [2.24, 2.45) is 0 Å². The Hall–Kier alpha value is -1.97. The van der Waals surface area contributed by atoms with Gasteiger partial charge in [-0.25, -0.2) is 4.79 Å². The second-order valence-corrected chi connectivity index (χ2v) is 5.63. The standard InChI is InChI=1S/C18H26O4/c1-4-6-7-8-13-11-15(19)14(10-9-12(3)5-2)17(20)16(13)18(21)22/h9,11,19-20H,4-8,10H2,1-3H3,(H,21,22). The predicted octanol–water partition coefficient (Wildman–Crippen LogP) is 4.43. The maximum absolute atomic E-state index is 11.5. The van der Waals surface area contributed by atoms with E-state index in [0.717, 1.165) is 31.3 Å². The molecule has 4 nitrogen and oxygen atoms in total. The molecule has 0 aliphatic heterocycles. The molecular formula is C18H26O4. The zero-order chi connectivity index (χ0) is 16.7. The first-order chi connectivity index (χ1) is 10.4. The summed E-state index contributed by atoms with van der Waals surface area (Å²) in [5.41, 5.74) is 1.83. The highest BCUT2D eigenvalue weighted by Gasteiger charge is 2.21. The fourth-order valence-electron chi connectivity index (χ4n) is 2.37. The first-order valence-electron chi connectivity index (χ1n) is 7.87. The van der Waals surface area contributed by atoms with E-state index in [1.807, 2.05) is 19.9 Å². The number of phenolic OH excluding ortho intramolecular Hbond substituents is 1. The molecule has 0 fully saturated rings. The van der Waals surface area contributed by atoms with Crippen molar-refractivity contribution in [1.29, 1.82) is 0 Å². The zero-order valence-corrected chi connectivity index (χ0v) is 13.6. The van der Waals surface area contributed by atoms with Gasteiger partial charge >= 0.3 is 5.97 Å². The monoisotopic (exact) mass is 306 g/mol. The largest absolute Gasteiger partial charge is 0.508 e. The number of hydrogen-bond donors (Lipinski definition) is 3. The van der Waals surface area contributed by atoms with Crippen molar-refractivity contribution in [3.8, 4) is 11.5 Å². The summed E-state index contributed by atoms with van der Waals surface area (Å²) in [7, 11) is 0. The number of aromatic carboxylic acids is 1. The molecule has 0 unspecified atom stereocenters. The Labute approximate surface area is 132 Å². The van der Waals surface area contributed by atoms with Crippen LogP contribution in [0.1, 0.15) is 67.9 Å². The number of benzene rings is 1. The van der Waals surface area contributed by atoms with Gasteiger partial charge in [0.1, 0.15) is 17.1 Å². The van der Waals surface area contributed by atoms with Gasteiger partial charge in [-0.2, -0.15) is 0 Å². The first-order valence-corrected chi connectivity index (χ1v) is 7.87. The summed E-state index contributed by atoms with van der Waals surface area (Å²) >= 11 is 0. The second-order valence-electron chi connectivity index (χ2n) is 5.63. The molecule has 0 amide bonds. The average Bonchev–Trinajstić information content (AvgIpc) is 2.46. The van der Waals surface area contributed by atoms with E-state index in [0.29, 0.717) is 18.4 Å². The van der Waals surface area contributed by atoms with Crippen LogP contribution in [0.2, 0.25) is 0 Å². The Kier molecular flexibility index (Phi) is 6.96. The van der Waals surface area contributed by atoms with Gasteiger partial charge in [0.2, 0.25) is 0 Å². The summed E-state index contributed by atoms with van der Waals surface area (Å²) < 4.78 is 0. The number of phenols is 2. The van der Waals surface area contributed by atoms with Gasteiger partial charge in [-0.05, 0) is 44.2 Å². The van der Waals surface area contributed by atoms with Crippen LogP contribution in [-0.4, -0.2) is 21.3 Å². The van der Waals surface area contributed by atoms with E-state index in [1.165, 1.54) is 6.07 Å². The zero-order valence-electron chi connectivity index (χ0n) is 13.6. The summed E-state index contributed by atoms with van der Waals surface area (Å²) in [5, 5.41) is 29.8. The van der Waals surface area contributed by atoms with Gasteiger partial charge in [0.15, 0.2) is 0 Å². The number of allylic oxidation sites excluding steroid dienone is 2. The summed E-state index contributed by atoms with van der Waals surface area (Å²) in [5.74, 6) is -1.49. The molecule has 0 aliphatic carbocycles. The minimum Gasteiger partial charge on any atom is -0.508 e. The van der Waals surface area contributed by atoms with E-state index in [-0.39, 0.29) is 22.6 Å². The number of rotatable bonds is 8. The summed E-state index contributed by atoms with van der Waals surface area (Å²) in [4.78, 5) is 11.5. The molecule has 0 saturated heterocycles. The van der Waals surface area contributed by atoms with Crippen LogP contribution >= 0.6 is 0 Å². The minimum atomic E-state index is -1.15. The third-order valence-electron chi connectivity index (χ3n) is 3.94. The van der Waals surface area contributed by atoms with Gasteiger partial charge < -0.3 is 15.3 Å². The lowest BCUT2D eigenvalue weighted by Gasteiger charge is -2.13. The third kappa shape index (κ3) is 4.52. The molecule has 0 atom stereocenters. The van der Waals surface area contributed by atoms with Gasteiger partial charge in [-0.1, -0.05) is 38.3 Å². The van der Waals surface area contributed by atoms with Gasteiger partial charge in [-0.3, -0.25) is 0 Å². The van der Waals surface area contributed by atoms with Crippen molar-refractivity contribution in [3.05, 3.63) is 34.4 Å². The SMILES string of the molecule is CCCCCc1cc(O)c(CC=C(C)CC)c(O)c1C(=O)O. The van der Waals surface area contributed by atoms with E-state index < -0.39 is 5.97 Å². The van der Waals surface area contributed by atoms with Crippen molar-refractivity contribution in [2.45, 2.75) is 59.3 Å². The fourth-order valence-corrected chi connectivity index (χ4v) is 2.37. The summed E-state index contributed by atoms with van der Waals surface area (Å²) in [6, 6.07) is 1.49. The lowest BCUT2D eigenvalue weighted by atomic mass is 9.95. The molecule has 0 aliphatic rings. The van der Waals surface area contributed by atoms with E-state index in [4.69, 9.17) is 0 Å². The van der Waals surface area contributed by atoms with E-state index in [2.05, 4.69) is 6.92 Å². The molecule has 0 aromatic heterocycles. The normalized spacial score (nSPS) is 11.7. The topological polar surface area (TPSA) is 77.8 Å². The van der Waals surface area contributed by atoms with E-state index in [1.54, 1.807) is 0 Å². The number of aryl methyl sites for hydroxylation is 1. The molecule has 3 N–H and O–H groups in total. The Morgan fingerprint density at radius 3 is 2.45 bits per heavy atom. The molecule has 0 spiro atoms. The predicted molar refractivity (Wildman–Crippen MR) is 87.7 cm³/mol. The van der Waals surface area contributed by atoms with Crippen molar-refractivity contribution < 1.29 is 20.1 Å². The van der Waals surface area contributed by atoms with Crippen molar-refractivity contribution in [2.75, 3.05) is 0 Å². The van der Waals surface area contributed by atoms with Crippen LogP contribution in [-0.2, 0) is 12.8 Å². The quantitative estimate of drug-likeness (QED) is 0.490. The molecule has 22 heavy (non-hydrogen) atoms. The molecule has 0 radical (unpaired) electrons. The highest BCUT2D eigenvalue weighted by atomic mass is 16.4. The van der Waals surface area contributed by atoms with Crippen molar-refractivity contribution >= 4 is 5.97 Å². The highest BCUT2D eigenvalue weighted by Crippen LogP contribution is 2.35. The van der Waals surface area contributed by atoms with E-state index >= 15 is 0 Å². The van der Waals surface area contributed by atoms with E-state index in [9.17, 15) is 20.1 Å². The molecule has 1 aromatic carbocycles. The van der Waals surface area contributed by atoms with Crippen LogP contribution in [0.4, 0.5) is 0 Å². The average molecular weight is 306 g/mol. The number of aromatic hydroxyl groups is 2. The van der Waals surface area contributed by atoms with Crippen LogP contribution in [0.3, 0.4) is 0 Å². The lowest BCUT2D eigenvalue weighted by Crippen LogP contribution is -2.05. The first kappa shape index (κ1) is 18.1. The minimum absolute atomic E-state index is 0.0332. The molecular weight excluding hydrogens is 280 g/mol. The number of carboxylic acid groups (broad SMARTS) is 1. The van der Waals surface area contributed by atoms with Gasteiger partial charge in [0.25, 0.3) is 0 Å². The fraction of sp³-hybridized carbons (Fsp3) is 0.500. The van der Waals surface area contributed by atoms with Crippen LogP contribution in [0, 0.1) is 0 Å². The van der Waals surface area contributed by atoms with Crippen LogP contribution in [0.5, 0.6) is 11.5 Å². The van der Waals surface area contributed by atoms with Crippen molar-refractivity contribution in [3.63, 3.8) is 0 Å². The Morgan fingerprint density at radius 1 is 1.23 bits per heavy atom. The molecule has 122 valence electrons. The Morgan fingerprint density at radius 2 is 1.91 bits per heavy atom. The van der Waals surface area contributed by atoms with Crippen LogP contribution in [0.25, 0.3) is 0 Å². The maximum Gasteiger partial charge on any atom is 0.339 e. The van der Waals surface area contributed by atoms with Crippen LogP contribution in [0.15, 0.2) is 17.7 Å². The number of hydrogen-bond acceptors (Lipinski definition) is 3. The van der Waals surface area contributed by atoms with Gasteiger partial charge in [0, 0.05) is 5.56 Å². The Bertz CT molecular complexity index is 559. The lowest BCUT2D eigenvalue weighted by molar-refractivity contribution is 0.0692. The number of unbranched alkanes of at least 4 members (excludes halogenated alkanes) is 2. The molecule has 0 bridgehead atoms. The van der Waals surface area contributed by atoms with Crippen molar-refractivity contribution in [1.82, 2.24) is 0 Å². The molecule has 1 rings (SSSR count). The summed E-state index contributed by atoms with van der Waals surface area (Å²) in [6.07, 6.45) is 6.50. The van der Waals surface area contributed by atoms with Gasteiger partial charge in [0.05, 0.1) is 0 Å². The number of carboxylic acids is 1. The third-order valence-corrected chi connectivity index (χ3v) is 3.94. The highest BCUT2D eigenvalue weighted by molar-refractivity contribution is 5.93. The molecule has 0 saturated carbocycles. The second kappa shape index (κ2) is 8.47.